The molecule has 0 spiro atoms. The van der Waals surface area contributed by atoms with E-state index in [0.717, 1.165) is 11.3 Å². The van der Waals surface area contributed by atoms with Gasteiger partial charge in [0.05, 0.1) is 7.11 Å². The number of methoxy groups -OCH3 is 1. The number of ether oxygens (including phenoxy) is 2. The predicted molar refractivity (Wildman–Crippen MR) is 87.7 cm³/mol. The number of aromatic amines is 1. The Morgan fingerprint density at radius 1 is 1.12 bits per heavy atom. The third-order valence-corrected chi connectivity index (χ3v) is 3.43. The molecule has 24 heavy (non-hydrogen) atoms. The van der Waals surface area contributed by atoms with Crippen molar-refractivity contribution in [1.29, 1.82) is 0 Å². The van der Waals surface area contributed by atoms with Gasteiger partial charge in [0.1, 0.15) is 23.8 Å². The number of aromatic nitrogens is 3. The summed E-state index contributed by atoms with van der Waals surface area (Å²) in [4.78, 5) is 11.4. The van der Waals surface area contributed by atoms with Gasteiger partial charge in [-0.25, -0.2) is 0 Å². The van der Waals surface area contributed by atoms with E-state index in [2.05, 4.69) is 15.4 Å². The number of H-pyrrole nitrogens is 1. The number of rotatable bonds is 6. The maximum Gasteiger partial charge on any atom is 0.271 e. The minimum absolute atomic E-state index is 0.0972. The van der Waals surface area contributed by atoms with Crippen LogP contribution in [0.2, 0.25) is 0 Å². The van der Waals surface area contributed by atoms with Crippen LogP contribution in [0.5, 0.6) is 11.5 Å². The molecule has 1 aromatic heterocycles. The molecule has 1 amide bonds. The van der Waals surface area contributed by atoms with E-state index >= 15 is 0 Å². The van der Waals surface area contributed by atoms with Gasteiger partial charge in [-0.2, -0.15) is 15.4 Å². The van der Waals surface area contributed by atoms with Crippen LogP contribution in [0.25, 0.3) is 11.3 Å². The normalized spacial score (nSPS) is 10.4. The van der Waals surface area contributed by atoms with Crippen molar-refractivity contribution >= 4 is 5.91 Å². The molecule has 2 aromatic carbocycles. The summed E-state index contributed by atoms with van der Waals surface area (Å²) in [5, 5.41) is 10.2. The lowest BCUT2D eigenvalue weighted by atomic mass is 10.1. The van der Waals surface area contributed by atoms with Gasteiger partial charge < -0.3 is 15.2 Å². The number of nitrogens with one attached hydrogen (secondary N) is 1. The molecule has 1 heterocycles. The Kier molecular flexibility index (Phi) is 4.42. The maximum atomic E-state index is 11.4. The average molecular weight is 324 g/mol. The van der Waals surface area contributed by atoms with Gasteiger partial charge in [0.15, 0.2) is 5.69 Å². The first-order valence-corrected chi connectivity index (χ1v) is 7.24. The van der Waals surface area contributed by atoms with Crippen LogP contribution in [-0.4, -0.2) is 28.4 Å². The number of carbonyl (C=O) groups excluding carboxylic acids is 1. The molecule has 7 nitrogen and oxygen atoms in total. The van der Waals surface area contributed by atoms with E-state index in [0.29, 0.717) is 23.6 Å². The third kappa shape index (κ3) is 3.35. The van der Waals surface area contributed by atoms with E-state index in [1.165, 1.54) is 0 Å². The molecule has 3 aromatic rings. The first-order chi connectivity index (χ1) is 11.7. The van der Waals surface area contributed by atoms with E-state index in [1.807, 2.05) is 42.5 Å². The number of nitrogens with two attached hydrogens (primary N) is 1. The minimum atomic E-state index is -0.638. The quantitative estimate of drug-likeness (QED) is 0.723. The summed E-state index contributed by atoms with van der Waals surface area (Å²) in [6.45, 7) is 0.391. The Morgan fingerprint density at radius 3 is 2.71 bits per heavy atom. The van der Waals surface area contributed by atoms with Crippen molar-refractivity contribution in [2.75, 3.05) is 7.11 Å². The van der Waals surface area contributed by atoms with Crippen molar-refractivity contribution in [2.24, 2.45) is 5.73 Å². The molecule has 0 unspecified atom stereocenters. The fraction of sp³-hybridized carbons (Fsp3) is 0.118. The molecule has 0 aliphatic carbocycles. The Hall–Kier alpha value is -3.35. The summed E-state index contributed by atoms with van der Waals surface area (Å²) >= 11 is 0. The van der Waals surface area contributed by atoms with Gasteiger partial charge in [-0.15, -0.1) is 0 Å². The number of carbonyl (C=O) groups is 1. The van der Waals surface area contributed by atoms with E-state index in [4.69, 9.17) is 15.2 Å². The van der Waals surface area contributed by atoms with Crippen molar-refractivity contribution in [2.45, 2.75) is 6.61 Å². The van der Waals surface area contributed by atoms with Crippen molar-refractivity contribution in [3.63, 3.8) is 0 Å². The van der Waals surface area contributed by atoms with Crippen LogP contribution in [-0.2, 0) is 6.61 Å². The molecule has 0 atom stereocenters. The molecule has 0 radical (unpaired) electrons. The van der Waals surface area contributed by atoms with Crippen molar-refractivity contribution in [1.82, 2.24) is 15.4 Å². The largest absolute Gasteiger partial charge is 0.497 e. The zero-order valence-corrected chi connectivity index (χ0v) is 13.0. The maximum absolute atomic E-state index is 11.4. The van der Waals surface area contributed by atoms with Crippen molar-refractivity contribution < 1.29 is 14.3 Å². The number of hydrogen-bond acceptors (Lipinski definition) is 5. The van der Waals surface area contributed by atoms with Crippen molar-refractivity contribution in [3.8, 4) is 22.8 Å². The molecule has 0 fully saturated rings. The standard InChI is InChI=1S/C17H16N4O3/c1-23-13-6-2-4-11(8-13)10-24-14-7-3-5-12(9-14)15-16(17(18)22)20-21-19-15/h2-9H,10H2,1H3,(H2,18,22)(H,19,20,21). The number of hydrogen-bond donors (Lipinski definition) is 2. The Labute approximate surface area is 138 Å². The van der Waals surface area contributed by atoms with E-state index in [9.17, 15) is 4.79 Å². The third-order valence-electron chi connectivity index (χ3n) is 3.43. The highest BCUT2D eigenvalue weighted by molar-refractivity contribution is 5.96. The monoisotopic (exact) mass is 324 g/mol. The second-order valence-corrected chi connectivity index (χ2v) is 5.05. The van der Waals surface area contributed by atoms with Crippen LogP contribution in [0.4, 0.5) is 0 Å². The summed E-state index contributed by atoms with van der Waals surface area (Å²) in [7, 11) is 1.62. The molecule has 122 valence electrons. The van der Waals surface area contributed by atoms with Gasteiger partial charge in [-0.1, -0.05) is 24.3 Å². The smallest absolute Gasteiger partial charge is 0.271 e. The molecule has 0 bridgehead atoms. The van der Waals surface area contributed by atoms with E-state index < -0.39 is 5.91 Å². The first kappa shape index (κ1) is 15.5. The lowest BCUT2D eigenvalue weighted by Gasteiger charge is -2.08. The van der Waals surface area contributed by atoms with Gasteiger partial charge in [-0.3, -0.25) is 4.79 Å². The van der Waals surface area contributed by atoms with Gasteiger partial charge in [0, 0.05) is 5.56 Å². The molecule has 0 aliphatic rings. The van der Waals surface area contributed by atoms with Gasteiger partial charge in [0.2, 0.25) is 0 Å². The number of amides is 1. The van der Waals surface area contributed by atoms with Gasteiger partial charge in [-0.05, 0) is 29.8 Å². The van der Waals surface area contributed by atoms with Crippen LogP contribution in [0, 0.1) is 0 Å². The lowest BCUT2D eigenvalue weighted by Crippen LogP contribution is -2.12. The predicted octanol–water partition coefficient (Wildman–Crippen LogP) is 2.16. The second-order valence-electron chi connectivity index (χ2n) is 5.05. The molecule has 0 saturated heterocycles. The summed E-state index contributed by atoms with van der Waals surface area (Å²) in [6.07, 6.45) is 0. The highest BCUT2D eigenvalue weighted by atomic mass is 16.5. The average Bonchev–Trinajstić information content (AvgIpc) is 3.10. The molecule has 0 aliphatic heterocycles. The number of benzene rings is 2. The molecule has 3 N–H and O–H groups in total. The number of nitrogens with zero attached hydrogens (tertiary/aromatic N) is 2. The fourth-order valence-corrected chi connectivity index (χ4v) is 2.27. The van der Waals surface area contributed by atoms with Crippen LogP contribution in [0.3, 0.4) is 0 Å². The van der Waals surface area contributed by atoms with Crippen molar-refractivity contribution in [3.05, 3.63) is 59.8 Å². The van der Waals surface area contributed by atoms with Crippen LogP contribution >= 0.6 is 0 Å². The number of primary amides is 1. The summed E-state index contributed by atoms with van der Waals surface area (Å²) < 4.78 is 11.0. The molecular formula is C17H16N4O3. The molecular weight excluding hydrogens is 308 g/mol. The second kappa shape index (κ2) is 6.82. The van der Waals surface area contributed by atoms with Crippen LogP contribution in [0.15, 0.2) is 48.5 Å². The Balaban J connectivity index is 1.78. The van der Waals surface area contributed by atoms with Gasteiger partial charge >= 0.3 is 0 Å². The minimum Gasteiger partial charge on any atom is -0.497 e. The zero-order valence-electron chi connectivity index (χ0n) is 13.0. The van der Waals surface area contributed by atoms with Gasteiger partial charge in [0.25, 0.3) is 5.91 Å². The Bertz CT molecular complexity index is 860. The topological polar surface area (TPSA) is 103 Å². The molecule has 7 heteroatoms. The molecule has 3 rings (SSSR count). The summed E-state index contributed by atoms with van der Waals surface area (Å²) in [6, 6.07) is 14.9. The van der Waals surface area contributed by atoms with Crippen LogP contribution < -0.4 is 15.2 Å². The lowest BCUT2D eigenvalue weighted by molar-refractivity contribution is 0.0996. The fourth-order valence-electron chi connectivity index (χ4n) is 2.27. The van der Waals surface area contributed by atoms with E-state index in [1.54, 1.807) is 13.2 Å². The first-order valence-electron chi connectivity index (χ1n) is 7.24. The highest BCUT2D eigenvalue weighted by Crippen LogP contribution is 2.24. The zero-order chi connectivity index (χ0) is 16.9. The van der Waals surface area contributed by atoms with Crippen LogP contribution in [0.1, 0.15) is 16.1 Å². The molecule has 0 saturated carbocycles. The highest BCUT2D eigenvalue weighted by Gasteiger charge is 2.15. The summed E-state index contributed by atoms with van der Waals surface area (Å²) in [5.41, 5.74) is 7.47. The summed E-state index contributed by atoms with van der Waals surface area (Å²) in [5.74, 6) is 0.786. The van der Waals surface area contributed by atoms with E-state index in [-0.39, 0.29) is 5.69 Å². The Morgan fingerprint density at radius 2 is 1.92 bits per heavy atom. The SMILES string of the molecule is COc1cccc(COc2cccc(-c3n[nH]nc3C(N)=O)c2)c1.